The van der Waals surface area contributed by atoms with Gasteiger partial charge in [0.15, 0.2) is 0 Å². The Morgan fingerprint density at radius 3 is 2.46 bits per heavy atom. The monoisotopic (exact) mass is 373 g/mol. The predicted octanol–water partition coefficient (Wildman–Crippen LogP) is 4.38. The lowest BCUT2D eigenvalue weighted by Crippen LogP contribution is -2.17. The number of benzene rings is 2. The second kappa shape index (κ2) is 7.43. The van der Waals surface area contributed by atoms with Crippen molar-refractivity contribution in [1.29, 1.82) is 0 Å². The highest BCUT2D eigenvalue weighted by molar-refractivity contribution is 5.97. The van der Waals surface area contributed by atoms with Crippen molar-refractivity contribution in [3.8, 4) is 0 Å². The molecule has 4 rings (SSSR count). The largest absolute Gasteiger partial charge is 0.326 e. The Bertz CT molecular complexity index is 1070. The number of anilines is 2. The third-order valence-corrected chi connectivity index (χ3v) is 5.18. The molecule has 0 bridgehead atoms. The summed E-state index contributed by atoms with van der Waals surface area (Å²) in [6.45, 7) is 3.98. The number of rotatable bonds is 5. The van der Waals surface area contributed by atoms with Crippen LogP contribution in [-0.4, -0.2) is 16.8 Å². The summed E-state index contributed by atoms with van der Waals surface area (Å²) in [5.74, 6) is 0.0931. The molecule has 0 aliphatic heterocycles. The first-order chi connectivity index (χ1) is 13.5. The summed E-state index contributed by atoms with van der Waals surface area (Å²) in [5.41, 5.74) is 5.23. The lowest BCUT2D eigenvalue weighted by atomic mass is 9.99. The molecular formula is C23H23N3O2. The second-order valence-corrected chi connectivity index (χ2v) is 7.39. The molecule has 28 heavy (non-hydrogen) atoms. The number of aromatic nitrogens is 1. The van der Waals surface area contributed by atoms with Crippen LogP contribution in [0.3, 0.4) is 0 Å². The van der Waals surface area contributed by atoms with E-state index < -0.39 is 0 Å². The van der Waals surface area contributed by atoms with Crippen LogP contribution in [-0.2, 0) is 16.0 Å². The smallest absolute Gasteiger partial charge is 0.228 e. The minimum atomic E-state index is -0.103. The maximum Gasteiger partial charge on any atom is 0.228 e. The highest BCUT2D eigenvalue weighted by atomic mass is 16.2. The van der Waals surface area contributed by atoms with E-state index in [0.717, 1.165) is 40.6 Å². The van der Waals surface area contributed by atoms with Gasteiger partial charge in [0.05, 0.1) is 11.9 Å². The number of hydrogen-bond acceptors (Lipinski definition) is 3. The van der Waals surface area contributed by atoms with Crippen molar-refractivity contribution in [1.82, 2.24) is 4.98 Å². The van der Waals surface area contributed by atoms with E-state index in [4.69, 9.17) is 0 Å². The average Bonchev–Trinajstić information content (AvgIpc) is 3.51. The summed E-state index contributed by atoms with van der Waals surface area (Å²) in [4.78, 5) is 29.2. The maximum atomic E-state index is 12.6. The molecular weight excluding hydrogens is 350 g/mol. The van der Waals surface area contributed by atoms with E-state index in [1.165, 1.54) is 0 Å². The zero-order valence-corrected chi connectivity index (χ0v) is 16.1. The number of fused-ring (bicyclic) bond motifs is 1. The molecule has 2 amide bonds. The van der Waals surface area contributed by atoms with Gasteiger partial charge in [0.25, 0.3) is 0 Å². The molecule has 0 radical (unpaired) electrons. The standard InChI is InChI=1S/C23H23N3O2/c1-14-19-8-3-4-9-21(19)24-15(2)20(14)13-22(27)25-17-6-5-7-18(12-17)26-23(28)16-10-11-16/h3-9,12,16H,10-11,13H2,1-2H3,(H,25,27)(H,26,28). The molecule has 2 aromatic carbocycles. The van der Waals surface area contributed by atoms with Gasteiger partial charge in [-0.15, -0.1) is 0 Å². The van der Waals surface area contributed by atoms with Crippen LogP contribution in [0.1, 0.15) is 29.7 Å². The Labute approximate surface area is 164 Å². The molecule has 3 aromatic rings. The Morgan fingerprint density at radius 1 is 1.00 bits per heavy atom. The van der Waals surface area contributed by atoms with Crippen LogP contribution in [0.15, 0.2) is 48.5 Å². The van der Waals surface area contributed by atoms with Gasteiger partial charge in [-0.2, -0.15) is 0 Å². The molecule has 1 aliphatic rings. The van der Waals surface area contributed by atoms with E-state index >= 15 is 0 Å². The number of aryl methyl sites for hydroxylation is 2. The maximum absolute atomic E-state index is 12.6. The Hall–Kier alpha value is -3.21. The highest BCUT2D eigenvalue weighted by Gasteiger charge is 2.29. The molecule has 0 atom stereocenters. The minimum Gasteiger partial charge on any atom is -0.326 e. The van der Waals surface area contributed by atoms with Gasteiger partial charge in [0.1, 0.15) is 0 Å². The highest BCUT2D eigenvalue weighted by Crippen LogP contribution is 2.30. The van der Waals surface area contributed by atoms with Crippen molar-refractivity contribution in [2.45, 2.75) is 33.1 Å². The number of amides is 2. The Kier molecular flexibility index (Phi) is 4.82. The van der Waals surface area contributed by atoms with Gasteiger partial charge >= 0.3 is 0 Å². The summed E-state index contributed by atoms with van der Waals surface area (Å²) < 4.78 is 0. The first-order valence-electron chi connectivity index (χ1n) is 9.57. The van der Waals surface area contributed by atoms with Gasteiger partial charge in [-0.25, -0.2) is 0 Å². The van der Waals surface area contributed by atoms with Crippen LogP contribution in [0.25, 0.3) is 10.9 Å². The number of nitrogens with zero attached hydrogens (tertiary/aromatic N) is 1. The van der Waals surface area contributed by atoms with E-state index in [-0.39, 0.29) is 24.2 Å². The van der Waals surface area contributed by atoms with Crippen molar-refractivity contribution >= 4 is 34.1 Å². The first kappa shape index (κ1) is 18.2. The molecule has 1 aliphatic carbocycles. The number of pyridine rings is 1. The summed E-state index contributed by atoms with van der Waals surface area (Å²) in [5, 5.41) is 6.91. The molecule has 5 heteroatoms. The van der Waals surface area contributed by atoms with E-state index in [1.54, 1.807) is 6.07 Å². The zero-order chi connectivity index (χ0) is 19.7. The van der Waals surface area contributed by atoms with E-state index in [0.29, 0.717) is 11.4 Å². The lowest BCUT2D eigenvalue weighted by Gasteiger charge is -2.13. The molecule has 1 fully saturated rings. The Balaban J connectivity index is 1.49. The molecule has 1 saturated carbocycles. The van der Waals surface area contributed by atoms with Gasteiger partial charge in [0.2, 0.25) is 11.8 Å². The zero-order valence-electron chi connectivity index (χ0n) is 16.1. The third kappa shape index (κ3) is 3.88. The van der Waals surface area contributed by atoms with Gasteiger partial charge in [-0.3, -0.25) is 14.6 Å². The summed E-state index contributed by atoms with van der Waals surface area (Å²) in [7, 11) is 0. The summed E-state index contributed by atoms with van der Waals surface area (Å²) >= 11 is 0. The van der Waals surface area contributed by atoms with Crippen LogP contribution in [0.5, 0.6) is 0 Å². The van der Waals surface area contributed by atoms with Crippen molar-refractivity contribution in [3.63, 3.8) is 0 Å². The number of nitrogens with one attached hydrogen (secondary N) is 2. The SMILES string of the molecule is Cc1nc2ccccc2c(C)c1CC(=O)Nc1cccc(NC(=O)C2CC2)c1. The number of carbonyl (C=O) groups excluding carboxylic acids is 2. The van der Waals surface area contributed by atoms with Crippen molar-refractivity contribution in [2.75, 3.05) is 10.6 Å². The van der Waals surface area contributed by atoms with Gasteiger partial charge < -0.3 is 10.6 Å². The molecule has 2 N–H and O–H groups in total. The molecule has 1 heterocycles. The third-order valence-electron chi connectivity index (χ3n) is 5.18. The molecule has 0 unspecified atom stereocenters. The number of carbonyl (C=O) groups is 2. The first-order valence-corrected chi connectivity index (χ1v) is 9.57. The van der Waals surface area contributed by atoms with Crippen molar-refractivity contribution in [2.24, 2.45) is 5.92 Å². The fourth-order valence-corrected chi connectivity index (χ4v) is 3.46. The van der Waals surface area contributed by atoms with Crippen LogP contribution < -0.4 is 10.6 Å². The molecule has 0 spiro atoms. The Morgan fingerprint density at radius 2 is 1.71 bits per heavy atom. The van der Waals surface area contributed by atoms with E-state index in [1.807, 2.05) is 56.3 Å². The van der Waals surface area contributed by atoms with Crippen LogP contribution in [0.2, 0.25) is 0 Å². The summed E-state index contributed by atoms with van der Waals surface area (Å²) in [6.07, 6.45) is 2.18. The van der Waals surface area contributed by atoms with E-state index in [2.05, 4.69) is 15.6 Å². The molecule has 142 valence electrons. The quantitative estimate of drug-likeness (QED) is 0.697. The van der Waals surface area contributed by atoms with E-state index in [9.17, 15) is 9.59 Å². The van der Waals surface area contributed by atoms with Crippen LogP contribution in [0, 0.1) is 19.8 Å². The molecule has 1 aromatic heterocycles. The predicted molar refractivity (Wildman–Crippen MR) is 111 cm³/mol. The lowest BCUT2D eigenvalue weighted by molar-refractivity contribution is -0.117. The van der Waals surface area contributed by atoms with Gasteiger partial charge in [0, 0.05) is 28.4 Å². The van der Waals surface area contributed by atoms with Crippen molar-refractivity contribution < 1.29 is 9.59 Å². The van der Waals surface area contributed by atoms with Crippen LogP contribution >= 0.6 is 0 Å². The summed E-state index contributed by atoms with van der Waals surface area (Å²) in [6, 6.07) is 15.2. The molecule has 0 saturated heterocycles. The van der Waals surface area contributed by atoms with Crippen LogP contribution in [0.4, 0.5) is 11.4 Å². The number of para-hydroxylation sites is 1. The normalized spacial score (nSPS) is 13.4. The van der Waals surface area contributed by atoms with Gasteiger partial charge in [-0.1, -0.05) is 24.3 Å². The molecule has 5 nitrogen and oxygen atoms in total. The van der Waals surface area contributed by atoms with Crippen molar-refractivity contribution in [3.05, 3.63) is 65.4 Å². The second-order valence-electron chi connectivity index (χ2n) is 7.39. The van der Waals surface area contributed by atoms with Gasteiger partial charge in [-0.05, 0) is 62.1 Å². The fraction of sp³-hybridized carbons (Fsp3) is 0.261. The topological polar surface area (TPSA) is 71.1 Å². The minimum absolute atomic E-state index is 0.0527. The number of hydrogen-bond donors (Lipinski definition) is 2. The average molecular weight is 373 g/mol. The fourth-order valence-electron chi connectivity index (χ4n) is 3.46.